The van der Waals surface area contributed by atoms with Crippen molar-refractivity contribution in [3.8, 4) is 11.1 Å². The van der Waals surface area contributed by atoms with Crippen molar-refractivity contribution in [1.29, 1.82) is 0 Å². The SMILES string of the molecule is Brc1ccc(C(c2ccc(Br)cc2)=c2ccc3c(c2C2=CC=CC2)-c2c(c4ccccc4c4ccccc24)[C-]=3)cc1.[Cl-].[Cl-].[Hf]. The molecule has 0 saturated heterocycles. The summed E-state index contributed by atoms with van der Waals surface area (Å²) in [5.41, 5.74) is 10.1. The number of allylic oxidation sites excluding steroid dienone is 4. The molecule has 6 aromatic rings. The number of hydrogen-bond acceptors (Lipinski definition) is 0. The summed E-state index contributed by atoms with van der Waals surface area (Å²) in [4.78, 5) is 0. The zero-order chi connectivity index (χ0) is 27.5. The van der Waals surface area contributed by atoms with Gasteiger partial charge < -0.3 is 24.8 Å². The Labute approximate surface area is 305 Å². The molecule has 6 aromatic carbocycles. The smallest absolute Gasteiger partial charge is 0.0175 e. The molecule has 8 rings (SSSR count). The van der Waals surface area contributed by atoms with Crippen LogP contribution in [0, 0.1) is 0 Å². The summed E-state index contributed by atoms with van der Waals surface area (Å²) in [7, 11) is 0. The fourth-order valence-corrected chi connectivity index (χ4v) is 7.05. The summed E-state index contributed by atoms with van der Waals surface area (Å²) < 4.78 is 2.15. The van der Waals surface area contributed by atoms with E-state index >= 15 is 0 Å². The molecule has 0 nitrogen and oxygen atoms in total. The van der Waals surface area contributed by atoms with E-state index in [0.29, 0.717) is 0 Å². The molecule has 5 heteroatoms. The topological polar surface area (TPSA) is 0 Å². The molecule has 2 aliphatic carbocycles. The summed E-state index contributed by atoms with van der Waals surface area (Å²) in [6, 6.07) is 39.6. The molecule has 0 atom stereocenters. The summed E-state index contributed by atoms with van der Waals surface area (Å²) in [6.07, 6.45) is 11.5. The molecule has 0 radical (unpaired) electrons. The second-order valence-corrected chi connectivity index (χ2v) is 12.4. The van der Waals surface area contributed by atoms with E-state index in [1.807, 2.05) is 0 Å². The first-order valence-electron chi connectivity index (χ1n) is 13.8. The predicted octanol–water partition coefficient (Wildman–Crippen LogP) is 3.80. The normalized spacial score (nSPS) is 12.4. The van der Waals surface area contributed by atoms with Crippen molar-refractivity contribution < 1.29 is 50.7 Å². The van der Waals surface area contributed by atoms with Gasteiger partial charge in [0.2, 0.25) is 0 Å². The molecule has 0 amide bonds. The zero-order valence-corrected chi connectivity index (χ0v) is 31.6. The summed E-state index contributed by atoms with van der Waals surface area (Å²) in [6.45, 7) is 0. The van der Waals surface area contributed by atoms with Gasteiger partial charge in [0, 0.05) is 34.8 Å². The summed E-state index contributed by atoms with van der Waals surface area (Å²) in [5.74, 6) is 0. The minimum absolute atomic E-state index is 0. The number of benzene rings is 6. The van der Waals surface area contributed by atoms with Crippen molar-refractivity contribution in [2.24, 2.45) is 0 Å². The van der Waals surface area contributed by atoms with Crippen molar-refractivity contribution in [2.45, 2.75) is 6.42 Å². The molecule has 0 spiro atoms. The third-order valence-electron chi connectivity index (χ3n) is 8.28. The van der Waals surface area contributed by atoms with Crippen LogP contribution < -0.4 is 35.3 Å². The van der Waals surface area contributed by atoms with E-state index in [2.05, 4.69) is 165 Å². The van der Waals surface area contributed by atoms with E-state index in [9.17, 15) is 0 Å². The van der Waals surface area contributed by atoms with Gasteiger partial charge in [0.05, 0.1) is 0 Å². The third-order valence-corrected chi connectivity index (χ3v) is 9.33. The van der Waals surface area contributed by atoms with E-state index in [0.717, 1.165) is 15.4 Å². The van der Waals surface area contributed by atoms with Crippen LogP contribution in [0.25, 0.3) is 49.9 Å². The minimum atomic E-state index is 0. The Morgan fingerprint density at radius 3 is 1.68 bits per heavy atom. The Bertz CT molecular complexity index is 2190. The molecule has 0 aliphatic heterocycles. The Balaban J connectivity index is 0.00000128. The van der Waals surface area contributed by atoms with Gasteiger partial charge in [-0.2, -0.15) is 0 Å². The first kappa shape index (κ1) is 32.9. The van der Waals surface area contributed by atoms with E-state index in [1.165, 1.54) is 76.5 Å². The van der Waals surface area contributed by atoms with Gasteiger partial charge in [0.15, 0.2) is 0 Å². The van der Waals surface area contributed by atoms with Crippen molar-refractivity contribution in [1.82, 2.24) is 0 Å². The fraction of sp³-hybridized carbons (Fsp3) is 0.0256. The number of hydrogen-bond donors (Lipinski definition) is 0. The van der Waals surface area contributed by atoms with E-state index < -0.39 is 0 Å². The molecule has 2 aliphatic rings. The molecule has 0 aromatic heterocycles. The molecular formula is C39H23Br2Cl2Hf-3. The average molecular weight is 901 g/mol. The van der Waals surface area contributed by atoms with Gasteiger partial charge in [-0.15, -0.1) is 28.5 Å². The zero-order valence-electron chi connectivity index (χ0n) is 23.3. The largest absolute Gasteiger partial charge is 1.00 e. The van der Waals surface area contributed by atoms with Gasteiger partial charge in [-0.1, -0.05) is 145 Å². The molecule has 0 fully saturated rings. The molecule has 0 N–H and O–H groups in total. The Morgan fingerprint density at radius 2 is 1.11 bits per heavy atom. The van der Waals surface area contributed by atoms with Crippen LogP contribution in [-0.2, 0) is 25.8 Å². The first-order chi connectivity index (χ1) is 20.2. The van der Waals surface area contributed by atoms with Gasteiger partial charge in [-0.05, 0) is 74.5 Å². The maximum absolute atomic E-state index is 3.87. The minimum Gasteiger partial charge on any atom is -1.00 e. The second kappa shape index (κ2) is 13.4. The van der Waals surface area contributed by atoms with Crippen molar-refractivity contribution >= 4 is 70.6 Å². The summed E-state index contributed by atoms with van der Waals surface area (Å²) >= 11 is 7.29. The fourth-order valence-electron chi connectivity index (χ4n) is 6.52. The molecule has 214 valence electrons. The van der Waals surface area contributed by atoms with Crippen LogP contribution in [0.1, 0.15) is 28.7 Å². The molecular weight excluding hydrogens is 878 g/mol. The molecule has 0 bridgehead atoms. The first-order valence-corrected chi connectivity index (χ1v) is 15.4. The standard InChI is InChI=1S/C39H23Br2.2ClH.Hf/c40-28-18-13-25(14-19-28)36(26-15-20-29(41)21-16-26)34-22-17-27-23-35-32-11-4-3-9-30(32)31-10-5-6-12-33(31)39(35)38(27)37(34)24-7-1-2-8-24;;;/h1-7,9-22H,8H2;2*1H;/q-1;;;/p-2. The summed E-state index contributed by atoms with van der Waals surface area (Å²) in [5, 5.41) is 7.52. The quantitative estimate of drug-likeness (QED) is 0.144. The molecule has 44 heavy (non-hydrogen) atoms. The van der Waals surface area contributed by atoms with Gasteiger partial charge in [0.1, 0.15) is 0 Å². The second-order valence-electron chi connectivity index (χ2n) is 10.6. The monoisotopic (exact) mass is 899 g/mol. The van der Waals surface area contributed by atoms with Gasteiger partial charge >= 0.3 is 0 Å². The Hall–Kier alpha value is -2.53. The van der Waals surface area contributed by atoms with Crippen LogP contribution in [0.2, 0.25) is 0 Å². The number of fused-ring (bicyclic) bond motifs is 8. The Morgan fingerprint density at radius 1 is 0.568 bits per heavy atom. The predicted molar refractivity (Wildman–Crippen MR) is 180 cm³/mol. The maximum atomic E-state index is 3.87. The molecule has 0 unspecified atom stereocenters. The van der Waals surface area contributed by atoms with Crippen LogP contribution in [0.4, 0.5) is 0 Å². The Kier molecular flexibility index (Phi) is 10.0. The average Bonchev–Trinajstić information content (AvgIpc) is 3.68. The number of rotatable bonds is 3. The van der Waals surface area contributed by atoms with Crippen LogP contribution in [0.5, 0.6) is 0 Å². The van der Waals surface area contributed by atoms with Crippen LogP contribution in [-0.4, -0.2) is 0 Å². The van der Waals surface area contributed by atoms with Crippen molar-refractivity contribution in [3.63, 3.8) is 0 Å². The van der Waals surface area contributed by atoms with Crippen molar-refractivity contribution in [2.75, 3.05) is 0 Å². The molecule has 0 saturated carbocycles. The van der Waals surface area contributed by atoms with Crippen LogP contribution >= 0.6 is 31.9 Å². The van der Waals surface area contributed by atoms with Crippen molar-refractivity contribution in [3.05, 3.63) is 169 Å². The van der Waals surface area contributed by atoms with E-state index in [4.69, 9.17) is 0 Å². The van der Waals surface area contributed by atoms with E-state index in [1.54, 1.807) is 0 Å². The number of halogens is 4. The van der Waals surface area contributed by atoms with E-state index in [-0.39, 0.29) is 50.7 Å². The maximum Gasteiger partial charge on any atom is 0.0175 e. The third kappa shape index (κ3) is 5.46. The molecule has 0 heterocycles. The van der Waals surface area contributed by atoms with Gasteiger partial charge in [0.25, 0.3) is 0 Å². The van der Waals surface area contributed by atoms with Crippen LogP contribution in [0.15, 0.2) is 136 Å². The van der Waals surface area contributed by atoms with Gasteiger partial charge in [-0.25, -0.2) is 0 Å². The van der Waals surface area contributed by atoms with Crippen LogP contribution in [0.3, 0.4) is 0 Å². The van der Waals surface area contributed by atoms with Gasteiger partial charge in [-0.3, -0.25) is 0 Å².